The molecule has 0 radical (unpaired) electrons. The highest BCUT2D eigenvalue weighted by atomic mass is 32.1. The number of fused-ring (bicyclic) bond motifs is 4. The van der Waals surface area contributed by atoms with Crippen LogP contribution in [0.15, 0.2) is 12.7 Å². The van der Waals surface area contributed by atoms with Gasteiger partial charge in [-0.2, -0.15) is 0 Å². The number of phosphoric ester groups is 2. The van der Waals surface area contributed by atoms with Crippen molar-refractivity contribution in [2.24, 2.45) is 0 Å². The van der Waals surface area contributed by atoms with E-state index < -0.39 is 77.9 Å². The summed E-state index contributed by atoms with van der Waals surface area (Å²) in [4.78, 5) is 47.5. The van der Waals surface area contributed by atoms with Gasteiger partial charge in [-0.1, -0.05) is 24.4 Å². The number of aliphatic hydroxyl groups is 2. The highest BCUT2D eigenvalue weighted by Gasteiger charge is 2.51. The molecule has 7 heterocycles. The largest absolute Gasteiger partial charge is 0.756 e. The van der Waals surface area contributed by atoms with Crippen molar-refractivity contribution in [1.29, 1.82) is 0 Å². The van der Waals surface area contributed by atoms with Crippen LogP contribution in [0.5, 0.6) is 0 Å². The molecule has 0 spiro atoms. The first kappa shape index (κ1) is 31.8. The number of imidazole rings is 2. The van der Waals surface area contributed by atoms with Crippen molar-refractivity contribution in [2.75, 3.05) is 24.7 Å². The molecule has 3 saturated heterocycles. The lowest BCUT2D eigenvalue weighted by atomic mass is 10.1. The van der Waals surface area contributed by atoms with Gasteiger partial charge in [-0.25, -0.2) is 19.9 Å². The Bertz CT molecular complexity index is 1910. The molecule has 8 N–H and O–H groups in total. The Hall–Kier alpha value is -2.80. The maximum atomic E-state index is 13.0. The number of rotatable bonds is 2. The van der Waals surface area contributed by atoms with Crippen molar-refractivity contribution >= 4 is 74.3 Å². The number of nitrogen functional groups attached to an aromatic ring is 2. The molecule has 4 unspecified atom stereocenters. The predicted molar refractivity (Wildman–Crippen MR) is 151 cm³/mol. The zero-order chi connectivity index (χ0) is 32.7. The molecule has 248 valence electrons. The first-order chi connectivity index (χ1) is 21.7. The maximum Gasteiger partial charge on any atom is 0.268 e. The molecule has 22 nitrogen and oxygen atoms in total. The number of hydrogen-bond acceptors (Lipinski definition) is 20. The summed E-state index contributed by atoms with van der Waals surface area (Å²) in [5.41, 5.74) is 12.2. The fraction of sp³-hybridized carbons (Fsp3) is 0.500. The molecule has 4 aromatic rings. The van der Waals surface area contributed by atoms with E-state index in [-0.39, 0.29) is 43.5 Å². The van der Waals surface area contributed by atoms with Gasteiger partial charge in [0.05, 0.1) is 25.9 Å². The van der Waals surface area contributed by atoms with Crippen LogP contribution in [-0.2, 0) is 36.7 Å². The van der Waals surface area contributed by atoms with Crippen LogP contribution in [0.4, 0.5) is 11.9 Å². The van der Waals surface area contributed by atoms with E-state index in [0.717, 1.165) is 0 Å². The molecule has 0 aromatic carbocycles. The summed E-state index contributed by atoms with van der Waals surface area (Å²) in [5.74, 6) is -0.162. The van der Waals surface area contributed by atoms with Crippen molar-refractivity contribution < 1.29 is 56.7 Å². The maximum absolute atomic E-state index is 13.0. The first-order valence-electron chi connectivity index (χ1n) is 13.1. The van der Waals surface area contributed by atoms with Crippen LogP contribution in [0, 0.1) is 9.28 Å². The molecule has 10 atom stereocenters. The lowest BCUT2D eigenvalue weighted by Crippen LogP contribution is -2.41. The Morgan fingerprint density at radius 3 is 1.59 bits per heavy atom. The number of aromatic nitrogens is 8. The third kappa shape index (κ3) is 5.58. The number of aliphatic hydroxyl groups excluding tert-OH is 2. The number of aromatic amines is 2. The number of H-pyrrole nitrogens is 2. The zero-order valence-corrected chi connectivity index (χ0v) is 26.1. The Labute approximate surface area is 265 Å². The number of ether oxygens (including phenoxy) is 2. The predicted octanol–water partition coefficient (Wildman–Crippen LogP) is -1.57. The lowest BCUT2D eigenvalue weighted by molar-refractivity contribution is -0.244. The summed E-state index contributed by atoms with van der Waals surface area (Å²) in [6.45, 7) is -1.78. The molecule has 0 saturated carbocycles. The quantitative estimate of drug-likeness (QED) is 0.101. The van der Waals surface area contributed by atoms with E-state index in [2.05, 4.69) is 29.9 Å². The summed E-state index contributed by atoms with van der Waals surface area (Å²) in [7, 11) is -10.6. The third-order valence-electron chi connectivity index (χ3n) is 7.39. The van der Waals surface area contributed by atoms with Gasteiger partial charge in [0.2, 0.25) is 0 Å². The van der Waals surface area contributed by atoms with E-state index in [1.165, 1.54) is 21.8 Å². The highest BCUT2D eigenvalue weighted by molar-refractivity contribution is 7.71. The number of nitrogens with zero attached hydrogens (tertiary/aromatic N) is 6. The van der Waals surface area contributed by atoms with Crippen LogP contribution in [0.2, 0.25) is 0 Å². The standard InChI is InChI=1S/C20H24N10O12P2S2/c21-19-25-13-7(15(45)27-19)23-3-29(13)17-9(31)11-5(39-17)1-37-43(33,34)42-12-6(2-38-44(35,36)41-11)40-18(10(12)32)30-4-24-8-14(30)26-20(22)28-16(8)46/h3-6,9-12,17-18,31-32H,1-2H2,(H,33,34)(H,35,36)(H3,21,25,27,45)(H3,22,26,28,46)/p-2/t5-,6-,9+,10?,11?,12+,17-,18-/m1/s1. The average Bonchev–Trinajstić information content (AvgIpc) is 3.72. The molecule has 3 fully saturated rings. The van der Waals surface area contributed by atoms with E-state index >= 15 is 0 Å². The Morgan fingerprint density at radius 1 is 0.804 bits per heavy atom. The Balaban J connectivity index is 1.18. The van der Waals surface area contributed by atoms with Crippen molar-refractivity contribution in [3.8, 4) is 0 Å². The van der Waals surface area contributed by atoms with Gasteiger partial charge in [0.15, 0.2) is 33.6 Å². The first-order valence-corrected chi connectivity index (χ1v) is 16.8. The van der Waals surface area contributed by atoms with Crippen LogP contribution in [0.25, 0.3) is 22.3 Å². The van der Waals surface area contributed by atoms with E-state index in [4.69, 9.17) is 63.5 Å². The molecule has 26 heteroatoms. The van der Waals surface area contributed by atoms with Crippen molar-refractivity contribution in [3.05, 3.63) is 21.9 Å². The lowest BCUT2D eigenvalue weighted by Gasteiger charge is -2.34. The van der Waals surface area contributed by atoms with Crippen molar-refractivity contribution in [1.82, 2.24) is 39.0 Å². The van der Waals surface area contributed by atoms with Crippen LogP contribution < -0.4 is 21.3 Å². The molecular weight excluding hydrogens is 698 g/mol. The van der Waals surface area contributed by atoms with Crippen molar-refractivity contribution in [2.45, 2.75) is 49.1 Å². The highest BCUT2D eigenvalue weighted by Crippen LogP contribution is 2.50. The SMILES string of the molecule is Nc1nc(=S)c2ncn([C@@H]3O[C@@H]4COP(=O)([O-])OC5[C@@H](COP(=O)([O-])O[C@@H]4C3O)O[C@@H](n3cnc4c(=S)nc(N)[nH]c43)[C@H]5O)c2[nH]1. The smallest absolute Gasteiger partial charge is 0.268 e. The van der Waals surface area contributed by atoms with Gasteiger partial charge < -0.3 is 69.0 Å². The molecule has 7 rings (SSSR count). The van der Waals surface area contributed by atoms with Crippen LogP contribution >= 0.6 is 40.1 Å². The monoisotopic (exact) mass is 720 g/mol. The third-order valence-corrected chi connectivity index (χ3v) is 9.90. The van der Waals surface area contributed by atoms with E-state index in [1.807, 2.05) is 0 Å². The summed E-state index contributed by atoms with van der Waals surface area (Å²) < 4.78 is 60.6. The summed E-state index contributed by atoms with van der Waals surface area (Å²) in [5, 5.41) is 22.3. The number of hydrogen-bond donors (Lipinski definition) is 6. The molecule has 3 aliphatic rings. The van der Waals surface area contributed by atoms with Crippen LogP contribution in [-0.4, -0.2) is 99.1 Å². The molecule has 0 aliphatic carbocycles. The minimum atomic E-state index is -5.30. The number of anilines is 2. The molecule has 0 amide bonds. The second kappa shape index (κ2) is 11.4. The Kier molecular flexibility index (Phi) is 7.89. The molecule has 0 bridgehead atoms. The normalized spacial score (nSPS) is 37.1. The number of nitrogens with one attached hydrogen (secondary N) is 2. The molecule has 46 heavy (non-hydrogen) atoms. The van der Waals surface area contributed by atoms with Crippen LogP contribution in [0.1, 0.15) is 12.5 Å². The second-order valence-corrected chi connectivity index (χ2v) is 13.8. The van der Waals surface area contributed by atoms with Gasteiger partial charge >= 0.3 is 0 Å². The average molecular weight is 721 g/mol. The van der Waals surface area contributed by atoms with Crippen molar-refractivity contribution in [3.63, 3.8) is 0 Å². The van der Waals surface area contributed by atoms with Gasteiger partial charge in [-0.05, 0) is 0 Å². The molecular formula is C20H22N10O12P2S2-2. The van der Waals surface area contributed by atoms with Crippen LogP contribution in [0.3, 0.4) is 0 Å². The second-order valence-electron chi connectivity index (χ2n) is 10.3. The number of phosphoric acid groups is 2. The van der Waals surface area contributed by atoms with E-state index in [1.54, 1.807) is 0 Å². The summed E-state index contributed by atoms with van der Waals surface area (Å²) >= 11 is 10.3. The summed E-state index contributed by atoms with van der Waals surface area (Å²) in [6.07, 6.45) is -10.4. The van der Waals surface area contributed by atoms with Gasteiger partial charge in [-0.3, -0.25) is 18.3 Å². The number of nitrogens with two attached hydrogens (primary N) is 2. The molecule has 4 aromatic heterocycles. The topological polar surface area (TPSA) is 321 Å². The van der Waals surface area contributed by atoms with E-state index in [0.29, 0.717) is 0 Å². The fourth-order valence-corrected chi connectivity index (χ4v) is 7.80. The minimum absolute atomic E-state index is 0.0354. The minimum Gasteiger partial charge on any atom is -0.756 e. The molecule has 3 aliphatic heterocycles. The Morgan fingerprint density at radius 2 is 1.20 bits per heavy atom. The van der Waals surface area contributed by atoms with E-state index in [9.17, 15) is 29.1 Å². The summed E-state index contributed by atoms with van der Waals surface area (Å²) in [6, 6.07) is 0. The van der Waals surface area contributed by atoms with Gasteiger partial charge in [0, 0.05) is 0 Å². The van der Waals surface area contributed by atoms with Gasteiger partial charge in [0.25, 0.3) is 15.6 Å². The fourth-order valence-electron chi connectivity index (χ4n) is 5.41. The zero-order valence-electron chi connectivity index (χ0n) is 22.7. The van der Waals surface area contributed by atoms with Gasteiger partial charge in [-0.15, -0.1) is 0 Å². The van der Waals surface area contributed by atoms with Gasteiger partial charge in [0.1, 0.15) is 59.0 Å².